The lowest BCUT2D eigenvalue weighted by molar-refractivity contribution is -0.142. The van der Waals surface area contributed by atoms with Crippen LogP contribution in [0.3, 0.4) is 0 Å². The normalized spacial score (nSPS) is 12.4. The number of hydrogen-bond acceptors (Lipinski definition) is 2. The molecule has 4 heteroatoms. The van der Waals surface area contributed by atoms with Crippen molar-refractivity contribution in [1.82, 2.24) is 0 Å². The molecule has 1 N–H and O–H groups in total. The van der Waals surface area contributed by atoms with Gasteiger partial charge in [-0.05, 0) is 11.1 Å². The van der Waals surface area contributed by atoms with E-state index >= 15 is 0 Å². The summed E-state index contributed by atoms with van der Waals surface area (Å²) in [5, 5.41) is 8.42. The molecule has 0 aliphatic heterocycles. The molecule has 1 rings (SSSR count). The largest absolute Gasteiger partial charge is 0.479 e. The van der Waals surface area contributed by atoms with Crippen molar-refractivity contribution in [3.05, 3.63) is 35.4 Å². The van der Waals surface area contributed by atoms with E-state index in [4.69, 9.17) is 9.84 Å². The Kier molecular flexibility index (Phi) is 4.24. The molecule has 1 aromatic carbocycles. The minimum absolute atomic E-state index is 0.104. The van der Waals surface area contributed by atoms with Crippen molar-refractivity contribution in [3.8, 4) is 0 Å². The zero-order chi connectivity index (χ0) is 11.3. The first kappa shape index (κ1) is 11.7. The van der Waals surface area contributed by atoms with Gasteiger partial charge in [-0.2, -0.15) is 0 Å². The van der Waals surface area contributed by atoms with Gasteiger partial charge < -0.3 is 9.84 Å². The number of aliphatic carboxylic acids is 1. The SMILES string of the molecule is COCc1cccc(CC(F)C(=O)O)c1. The lowest BCUT2D eigenvalue weighted by Crippen LogP contribution is -2.17. The number of ether oxygens (including phenoxy) is 1. The third-order valence-corrected chi connectivity index (χ3v) is 1.99. The molecule has 0 heterocycles. The highest BCUT2D eigenvalue weighted by atomic mass is 19.1. The lowest BCUT2D eigenvalue weighted by atomic mass is 10.1. The monoisotopic (exact) mass is 212 g/mol. The molecule has 1 unspecified atom stereocenters. The summed E-state index contributed by atoms with van der Waals surface area (Å²) >= 11 is 0. The van der Waals surface area contributed by atoms with Crippen LogP contribution < -0.4 is 0 Å². The molecule has 15 heavy (non-hydrogen) atoms. The minimum Gasteiger partial charge on any atom is -0.479 e. The van der Waals surface area contributed by atoms with Gasteiger partial charge in [-0.15, -0.1) is 0 Å². The van der Waals surface area contributed by atoms with E-state index in [1.54, 1.807) is 25.3 Å². The zero-order valence-electron chi connectivity index (χ0n) is 8.44. The van der Waals surface area contributed by atoms with E-state index in [9.17, 15) is 9.18 Å². The second kappa shape index (κ2) is 5.46. The quantitative estimate of drug-likeness (QED) is 0.809. The molecule has 0 spiro atoms. The van der Waals surface area contributed by atoms with Gasteiger partial charge in [0.15, 0.2) is 0 Å². The Morgan fingerprint density at radius 2 is 2.20 bits per heavy atom. The summed E-state index contributed by atoms with van der Waals surface area (Å²) in [5.41, 5.74) is 1.58. The highest BCUT2D eigenvalue weighted by Crippen LogP contribution is 2.10. The summed E-state index contributed by atoms with van der Waals surface area (Å²) in [6, 6.07) is 7.06. The first-order chi connectivity index (χ1) is 7.13. The fourth-order valence-corrected chi connectivity index (χ4v) is 1.31. The second-order valence-electron chi connectivity index (χ2n) is 3.26. The molecule has 3 nitrogen and oxygen atoms in total. The third-order valence-electron chi connectivity index (χ3n) is 1.99. The van der Waals surface area contributed by atoms with Gasteiger partial charge in [-0.3, -0.25) is 0 Å². The Morgan fingerprint density at radius 3 is 2.80 bits per heavy atom. The van der Waals surface area contributed by atoms with Crippen LogP contribution in [0.2, 0.25) is 0 Å². The Hall–Kier alpha value is -1.42. The summed E-state index contributed by atoms with van der Waals surface area (Å²) in [4.78, 5) is 10.3. The van der Waals surface area contributed by atoms with Gasteiger partial charge in [0.25, 0.3) is 0 Å². The van der Waals surface area contributed by atoms with Gasteiger partial charge in [0.05, 0.1) is 6.61 Å². The van der Waals surface area contributed by atoms with Crippen LogP contribution in [0.15, 0.2) is 24.3 Å². The van der Waals surface area contributed by atoms with Crippen LogP contribution in [0, 0.1) is 0 Å². The van der Waals surface area contributed by atoms with E-state index in [2.05, 4.69) is 0 Å². The number of carbonyl (C=O) groups is 1. The number of alkyl halides is 1. The van der Waals surface area contributed by atoms with Crippen molar-refractivity contribution in [2.24, 2.45) is 0 Å². The van der Waals surface area contributed by atoms with Crippen molar-refractivity contribution in [1.29, 1.82) is 0 Å². The van der Waals surface area contributed by atoms with Crippen molar-refractivity contribution >= 4 is 5.97 Å². The Bertz CT molecular complexity index is 338. The molecular weight excluding hydrogens is 199 g/mol. The van der Waals surface area contributed by atoms with Crippen LogP contribution in [0.25, 0.3) is 0 Å². The fourth-order valence-electron chi connectivity index (χ4n) is 1.31. The van der Waals surface area contributed by atoms with E-state index in [0.29, 0.717) is 12.2 Å². The first-order valence-electron chi connectivity index (χ1n) is 4.57. The van der Waals surface area contributed by atoms with Crippen LogP contribution in [0.5, 0.6) is 0 Å². The van der Waals surface area contributed by atoms with Crippen molar-refractivity contribution in [2.75, 3.05) is 7.11 Å². The van der Waals surface area contributed by atoms with Crippen LogP contribution in [0.1, 0.15) is 11.1 Å². The maximum atomic E-state index is 12.9. The number of hydrogen-bond donors (Lipinski definition) is 1. The smallest absolute Gasteiger partial charge is 0.338 e. The van der Waals surface area contributed by atoms with E-state index in [-0.39, 0.29) is 6.42 Å². The van der Waals surface area contributed by atoms with Crippen molar-refractivity contribution in [2.45, 2.75) is 19.2 Å². The third kappa shape index (κ3) is 3.67. The Morgan fingerprint density at radius 1 is 1.53 bits per heavy atom. The number of carboxylic acid groups (broad SMARTS) is 1. The molecule has 82 valence electrons. The van der Waals surface area contributed by atoms with Crippen LogP contribution in [0.4, 0.5) is 4.39 Å². The molecule has 0 aliphatic carbocycles. The number of methoxy groups -OCH3 is 1. The highest BCUT2D eigenvalue weighted by molar-refractivity contribution is 5.72. The molecule has 0 aliphatic rings. The Balaban J connectivity index is 2.68. The average molecular weight is 212 g/mol. The van der Waals surface area contributed by atoms with Crippen LogP contribution in [-0.4, -0.2) is 24.4 Å². The zero-order valence-corrected chi connectivity index (χ0v) is 8.44. The van der Waals surface area contributed by atoms with E-state index in [1.807, 2.05) is 6.07 Å². The maximum Gasteiger partial charge on any atom is 0.338 e. The number of halogens is 1. The van der Waals surface area contributed by atoms with E-state index in [0.717, 1.165) is 5.56 Å². The minimum atomic E-state index is -1.84. The van der Waals surface area contributed by atoms with Crippen molar-refractivity contribution in [3.63, 3.8) is 0 Å². The molecule has 1 atom stereocenters. The molecule has 0 aromatic heterocycles. The molecule has 0 radical (unpaired) electrons. The summed E-state index contributed by atoms with van der Waals surface area (Å²) in [7, 11) is 1.57. The van der Waals surface area contributed by atoms with E-state index in [1.165, 1.54) is 0 Å². The summed E-state index contributed by atoms with van der Waals surface area (Å²) in [6.07, 6.45) is -1.95. The van der Waals surface area contributed by atoms with E-state index < -0.39 is 12.1 Å². The maximum absolute atomic E-state index is 12.9. The van der Waals surface area contributed by atoms with Crippen LogP contribution in [-0.2, 0) is 22.6 Å². The Labute approximate surface area is 87.5 Å². The molecule has 0 bridgehead atoms. The topological polar surface area (TPSA) is 46.5 Å². The molecule has 1 aromatic rings. The summed E-state index contributed by atoms with van der Waals surface area (Å²) in [5.74, 6) is -1.42. The second-order valence-corrected chi connectivity index (χ2v) is 3.26. The number of carboxylic acids is 1. The first-order valence-corrected chi connectivity index (χ1v) is 4.57. The van der Waals surface area contributed by atoms with Gasteiger partial charge in [-0.25, -0.2) is 9.18 Å². The van der Waals surface area contributed by atoms with Gasteiger partial charge in [0.2, 0.25) is 6.17 Å². The fraction of sp³-hybridized carbons (Fsp3) is 0.364. The number of rotatable bonds is 5. The predicted molar refractivity (Wildman–Crippen MR) is 53.4 cm³/mol. The standard InChI is InChI=1S/C11H13FO3/c1-15-7-9-4-2-3-8(5-9)6-10(12)11(13)14/h2-5,10H,6-7H2,1H3,(H,13,14). The predicted octanol–water partition coefficient (Wildman–Crippen LogP) is 1.80. The van der Waals surface area contributed by atoms with Gasteiger partial charge in [-0.1, -0.05) is 24.3 Å². The molecule has 0 saturated heterocycles. The van der Waals surface area contributed by atoms with Gasteiger partial charge in [0.1, 0.15) is 0 Å². The van der Waals surface area contributed by atoms with Crippen LogP contribution >= 0.6 is 0 Å². The average Bonchev–Trinajstić information content (AvgIpc) is 2.18. The van der Waals surface area contributed by atoms with Gasteiger partial charge >= 0.3 is 5.97 Å². The lowest BCUT2D eigenvalue weighted by Gasteiger charge is -2.05. The summed E-state index contributed by atoms with van der Waals surface area (Å²) < 4.78 is 17.8. The summed E-state index contributed by atoms with van der Waals surface area (Å²) in [6.45, 7) is 0.442. The molecule has 0 fully saturated rings. The molecule has 0 saturated carbocycles. The highest BCUT2D eigenvalue weighted by Gasteiger charge is 2.15. The molecular formula is C11H13FO3. The number of benzene rings is 1. The van der Waals surface area contributed by atoms with Crippen molar-refractivity contribution < 1.29 is 19.0 Å². The molecule has 0 amide bonds. The van der Waals surface area contributed by atoms with Gasteiger partial charge in [0, 0.05) is 13.5 Å².